The van der Waals surface area contributed by atoms with Crippen molar-refractivity contribution in [2.75, 3.05) is 6.54 Å². The number of benzene rings is 1. The van der Waals surface area contributed by atoms with Crippen molar-refractivity contribution in [1.29, 1.82) is 0 Å². The standard InChI is InChI=1S/C13H18F2N2O2S/c14-10-5-6-13(11(15)7-10)20(18,19)17-8-9-3-1-2-4-12(9)16/h5-7,9,12,17H,1-4,8,16H2. The van der Waals surface area contributed by atoms with E-state index in [0.717, 1.165) is 37.8 Å². The van der Waals surface area contributed by atoms with Crippen molar-refractivity contribution in [3.8, 4) is 0 Å². The molecule has 2 atom stereocenters. The Balaban J connectivity index is 2.07. The molecule has 1 aliphatic rings. The van der Waals surface area contributed by atoms with Gasteiger partial charge in [0.05, 0.1) is 0 Å². The Hall–Kier alpha value is -1.05. The van der Waals surface area contributed by atoms with Crippen LogP contribution in [0.15, 0.2) is 23.1 Å². The Morgan fingerprint density at radius 3 is 2.60 bits per heavy atom. The molecule has 2 rings (SSSR count). The van der Waals surface area contributed by atoms with Crippen LogP contribution in [0.2, 0.25) is 0 Å². The van der Waals surface area contributed by atoms with Gasteiger partial charge in [-0.3, -0.25) is 0 Å². The van der Waals surface area contributed by atoms with Crippen LogP contribution in [0.4, 0.5) is 8.78 Å². The van der Waals surface area contributed by atoms with E-state index in [9.17, 15) is 17.2 Å². The minimum Gasteiger partial charge on any atom is -0.327 e. The molecule has 4 nitrogen and oxygen atoms in total. The highest BCUT2D eigenvalue weighted by atomic mass is 32.2. The average Bonchev–Trinajstić information content (AvgIpc) is 2.37. The number of nitrogens with two attached hydrogens (primary N) is 1. The SMILES string of the molecule is NC1CCCCC1CNS(=O)(=O)c1ccc(F)cc1F. The van der Waals surface area contributed by atoms with Gasteiger partial charge in [-0.1, -0.05) is 12.8 Å². The molecule has 1 saturated carbocycles. The van der Waals surface area contributed by atoms with Crippen molar-refractivity contribution < 1.29 is 17.2 Å². The van der Waals surface area contributed by atoms with Crippen LogP contribution in [0, 0.1) is 17.6 Å². The third kappa shape index (κ3) is 3.53. The molecule has 1 aromatic rings. The van der Waals surface area contributed by atoms with Gasteiger partial charge in [0.2, 0.25) is 10.0 Å². The summed E-state index contributed by atoms with van der Waals surface area (Å²) in [6.45, 7) is 0.181. The van der Waals surface area contributed by atoms with E-state index in [-0.39, 0.29) is 18.5 Å². The Morgan fingerprint density at radius 1 is 1.25 bits per heavy atom. The first-order valence-electron chi connectivity index (χ1n) is 6.60. The molecule has 2 unspecified atom stereocenters. The van der Waals surface area contributed by atoms with Gasteiger partial charge >= 0.3 is 0 Å². The van der Waals surface area contributed by atoms with E-state index in [1.807, 2.05) is 0 Å². The maximum atomic E-state index is 13.5. The molecule has 3 N–H and O–H groups in total. The zero-order chi connectivity index (χ0) is 14.8. The maximum absolute atomic E-state index is 13.5. The van der Waals surface area contributed by atoms with Gasteiger partial charge < -0.3 is 5.73 Å². The molecule has 112 valence electrons. The second kappa shape index (κ2) is 6.15. The van der Waals surface area contributed by atoms with Gasteiger partial charge in [0.15, 0.2) is 0 Å². The smallest absolute Gasteiger partial charge is 0.243 e. The van der Waals surface area contributed by atoms with Crippen LogP contribution in [0.5, 0.6) is 0 Å². The minimum absolute atomic E-state index is 0.0375. The van der Waals surface area contributed by atoms with Crippen molar-refractivity contribution in [2.24, 2.45) is 11.7 Å². The lowest BCUT2D eigenvalue weighted by Gasteiger charge is -2.28. The highest BCUT2D eigenvalue weighted by Crippen LogP contribution is 2.23. The fourth-order valence-corrected chi connectivity index (χ4v) is 3.63. The van der Waals surface area contributed by atoms with Crippen molar-refractivity contribution in [2.45, 2.75) is 36.6 Å². The van der Waals surface area contributed by atoms with E-state index in [2.05, 4.69) is 4.72 Å². The summed E-state index contributed by atoms with van der Waals surface area (Å²) in [4.78, 5) is -0.539. The van der Waals surface area contributed by atoms with Crippen LogP contribution in [0.1, 0.15) is 25.7 Å². The van der Waals surface area contributed by atoms with E-state index < -0.39 is 26.6 Å². The topological polar surface area (TPSA) is 72.2 Å². The predicted molar refractivity (Wildman–Crippen MR) is 71.5 cm³/mol. The molecule has 20 heavy (non-hydrogen) atoms. The summed E-state index contributed by atoms with van der Waals surface area (Å²) in [5.74, 6) is -1.84. The minimum atomic E-state index is -3.98. The molecular weight excluding hydrogens is 286 g/mol. The summed E-state index contributed by atoms with van der Waals surface area (Å²) in [6.07, 6.45) is 3.80. The zero-order valence-electron chi connectivity index (χ0n) is 11.0. The van der Waals surface area contributed by atoms with Crippen LogP contribution in [0.25, 0.3) is 0 Å². The summed E-state index contributed by atoms with van der Waals surface area (Å²) in [5, 5.41) is 0. The molecular formula is C13H18F2N2O2S. The molecule has 0 spiro atoms. The average molecular weight is 304 g/mol. The van der Waals surface area contributed by atoms with Gasteiger partial charge in [0.1, 0.15) is 16.5 Å². The lowest BCUT2D eigenvalue weighted by atomic mass is 9.85. The lowest BCUT2D eigenvalue weighted by molar-refractivity contribution is 0.308. The lowest BCUT2D eigenvalue weighted by Crippen LogP contribution is -2.41. The van der Waals surface area contributed by atoms with Crippen molar-refractivity contribution in [1.82, 2.24) is 4.72 Å². The van der Waals surface area contributed by atoms with Crippen LogP contribution in [-0.2, 0) is 10.0 Å². The first-order chi connectivity index (χ1) is 9.40. The second-order valence-corrected chi connectivity index (χ2v) is 6.87. The van der Waals surface area contributed by atoms with Gasteiger partial charge in [-0.2, -0.15) is 0 Å². The molecule has 0 aliphatic heterocycles. The van der Waals surface area contributed by atoms with Gasteiger partial charge in [0, 0.05) is 18.7 Å². The predicted octanol–water partition coefficient (Wildman–Crippen LogP) is 1.76. The molecule has 1 aliphatic carbocycles. The summed E-state index contributed by atoms with van der Waals surface area (Å²) in [5.41, 5.74) is 5.94. The molecule has 0 saturated heterocycles. The third-order valence-electron chi connectivity index (χ3n) is 3.69. The first-order valence-corrected chi connectivity index (χ1v) is 8.09. The molecule has 0 bridgehead atoms. The Morgan fingerprint density at radius 2 is 1.95 bits per heavy atom. The van der Waals surface area contributed by atoms with Crippen molar-refractivity contribution in [3.63, 3.8) is 0 Å². The molecule has 0 radical (unpaired) electrons. The Labute approximate surface area is 117 Å². The molecule has 1 fully saturated rings. The summed E-state index contributed by atoms with van der Waals surface area (Å²) >= 11 is 0. The first kappa shape index (κ1) is 15.3. The molecule has 0 aromatic heterocycles. The number of sulfonamides is 1. The van der Waals surface area contributed by atoms with Gasteiger partial charge in [-0.25, -0.2) is 21.9 Å². The second-order valence-electron chi connectivity index (χ2n) is 5.14. The fraction of sp³-hybridized carbons (Fsp3) is 0.538. The molecule has 0 heterocycles. The zero-order valence-corrected chi connectivity index (χ0v) is 11.8. The van der Waals surface area contributed by atoms with Gasteiger partial charge in [-0.05, 0) is 30.9 Å². The molecule has 1 aromatic carbocycles. The van der Waals surface area contributed by atoms with Crippen LogP contribution in [0.3, 0.4) is 0 Å². The normalized spacial score (nSPS) is 23.8. The van der Waals surface area contributed by atoms with E-state index >= 15 is 0 Å². The molecule has 0 amide bonds. The maximum Gasteiger partial charge on any atom is 0.243 e. The highest BCUT2D eigenvalue weighted by molar-refractivity contribution is 7.89. The van der Waals surface area contributed by atoms with Crippen molar-refractivity contribution in [3.05, 3.63) is 29.8 Å². The van der Waals surface area contributed by atoms with Crippen LogP contribution < -0.4 is 10.5 Å². The number of rotatable bonds is 4. The van der Waals surface area contributed by atoms with Gasteiger partial charge in [0.25, 0.3) is 0 Å². The summed E-state index contributed by atoms with van der Waals surface area (Å²) in [7, 11) is -3.98. The summed E-state index contributed by atoms with van der Waals surface area (Å²) < 4.78 is 52.7. The highest BCUT2D eigenvalue weighted by Gasteiger charge is 2.25. The fourth-order valence-electron chi connectivity index (χ4n) is 2.48. The van der Waals surface area contributed by atoms with E-state index in [1.54, 1.807) is 0 Å². The Kier molecular flexibility index (Phi) is 4.72. The van der Waals surface area contributed by atoms with Crippen LogP contribution >= 0.6 is 0 Å². The number of nitrogens with one attached hydrogen (secondary N) is 1. The number of halogens is 2. The van der Waals surface area contributed by atoms with Crippen LogP contribution in [-0.4, -0.2) is 21.0 Å². The van der Waals surface area contributed by atoms with E-state index in [4.69, 9.17) is 5.73 Å². The largest absolute Gasteiger partial charge is 0.327 e. The number of hydrogen-bond acceptors (Lipinski definition) is 3. The quantitative estimate of drug-likeness (QED) is 0.890. The van der Waals surface area contributed by atoms with E-state index in [0.29, 0.717) is 6.07 Å². The number of hydrogen-bond donors (Lipinski definition) is 2. The Bertz CT molecular complexity index is 578. The molecule has 7 heteroatoms. The monoisotopic (exact) mass is 304 g/mol. The van der Waals surface area contributed by atoms with Crippen molar-refractivity contribution >= 4 is 10.0 Å². The van der Waals surface area contributed by atoms with Gasteiger partial charge in [-0.15, -0.1) is 0 Å². The van der Waals surface area contributed by atoms with E-state index in [1.165, 1.54) is 0 Å². The third-order valence-corrected chi connectivity index (χ3v) is 5.14. The summed E-state index contributed by atoms with van der Waals surface area (Å²) in [6, 6.07) is 2.36.